The van der Waals surface area contributed by atoms with Crippen LogP contribution in [0.2, 0.25) is 0 Å². The van der Waals surface area contributed by atoms with Crippen LogP contribution in [0.25, 0.3) is 0 Å². The molecule has 1 saturated heterocycles. The summed E-state index contributed by atoms with van der Waals surface area (Å²) < 4.78 is 37.8. The molecule has 0 unspecified atom stereocenters. The first kappa shape index (κ1) is 15.1. The van der Waals surface area contributed by atoms with Crippen LogP contribution in [0.15, 0.2) is 0 Å². The number of rotatable bonds is 3. The molecule has 1 rings (SSSR count). The van der Waals surface area contributed by atoms with Crippen molar-refractivity contribution in [2.75, 3.05) is 25.4 Å². The molecular formula is C11H20F3NOS. The van der Waals surface area contributed by atoms with Gasteiger partial charge in [-0.1, -0.05) is 20.8 Å². The van der Waals surface area contributed by atoms with E-state index in [0.29, 0.717) is 13.1 Å². The van der Waals surface area contributed by atoms with E-state index in [9.17, 15) is 18.3 Å². The number of hydrogen-bond acceptors (Lipinski definition) is 3. The first-order valence-electron chi connectivity index (χ1n) is 5.69. The molecule has 1 aliphatic heterocycles. The third-order valence-corrected chi connectivity index (χ3v) is 4.05. The first-order valence-corrected chi connectivity index (χ1v) is 6.67. The van der Waals surface area contributed by atoms with E-state index in [0.717, 1.165) is 5.75 Å². The molecule has 0 amide bonds. The van der Waals surface area contributed by atoms with Gasteiger partial charge in [-0.05, 0) is 6.42 Å². The molecule has 0 spiro atoms. The molecule has 1 aliphatic rings. The number of hydrogen-bond donors (Lipinski definition) is 1. The summed E-state index contributed by atoms with van der Waals surface area (Å²) in [6.07, 6.45) is -4.73. The average Bonchev–Trinajstić information content (AvgIpc) is 2.45. The molecule has 0 aromatic rings. The van der Waals surface area contributed by atoms with Crippen molar-refractivity contribution in [3.05, 3.63) is 0 Å². The molecule has 0 aromatic heterocycles. The summed E-state index contributed by atoms with van der Waals surface area (Å²) in [6.45, 7) is 6.86. The minimum atomic E-state index is -4.51. The fraction of sp³-hybridized carbons (Fsp3) is 1.00. The summed E-state index contributed by atoms with van der Waals surface area (Å²) in [7, 11) is 0. The van der Waals surface area contributed by atoms with Gasteiger partial charge in [0, 0.05) is 30.1 Å². The van der Waals surface area contributed by atoms with E-state index in [1.807, 2.05) is 0 Å². The standard InChI is InChI=1S/C11H20F3NOS/c1-9(2,3)17-7-6-15-5-4-10(16,8-15)11(12,13)14/h16H,4-8H2,1-3H3/t10-/m1/s1. The molecule has 2 nitrogen and oxygen atoms in total. The summed E-state index contributed by atoms with van der Waals surface area (Å²) in [5, 5.41) is 9.48. The SMILES string of the molecule is CC(C)(C)SCCN1CC[C@](O)(C(F)(F)F)C1. The third kappa shape index (κ3) is 4.34. The molecule has 0 radical (unpaired) electrons. The summed E-state index contributed by atoms with van der Waals surface area (Å²) in [4.78, 5) is 1.69. The van der Waals surface area contributed by atoms with Crippen molar-refractivity contribution < 1.29 is 18.3 Å². The Labute approximate surface area is 105 Å². The Kier molecular flexibility index (Phi) is 4.42. The normalized spacial score (nSPS) is 27.7. The zero-order chi connectivity index (χ0) is 13.3. The van der Waals surface area contributed by atoms with E-state index in [-0.39, 0.29) is 17.7 Å². The smallest absolute Gasteiger partial charge is 0.379 e. The highest BCUT2D eigenvalue weighted by atomic mass is 32.2. The highest BCUT2D eigenvalue weighted by Gasteiger charge is 2.56. The maximum absolute atomic E-state index is 12.5. The second-order valence-electron chi connectivity index (χ2n) is 5.52. The van der Waals surface area contributed by atoms with Gasteiger partial charge in [0.25, 0.3) is 0 Å². The lowest BCUT2D eigenvalue weighted by Crippen LogP contribution is -2.47. The van der Waals surface area contributed by atoms with Gasteiger partial charge in [0.05, 0.1) is 0 Å². The van der Waals surface area contributed by atoms with Crippen molar-refractivity contribution in [3.63, 3.8) is 0 Å². The topological polar surface area (TPSA) is 23.5 Å². The predicted molar refractivity (Wildman–Crippen MR) is 64.3 cm³/mol. The molecule has 0 saturated carbocycles. The van der Waals surface area contributed by atoms with Gasteiger partial charge in [-0.25, -0.2) is 0 Å². The van der Waals surface area contributed by atoms with Crippen LogP contribution in [0.4, 0.5) is 13.2 Å². The lowest BCUT2D eigenvalue weighted by Gasteiger charge is -2.26. The van der Waals surface area contributed by atoms with Crippen molar-refractivity contribution in [2.45, 2.75) is 43.7 Å². The van der Waals surface area contributed by atoms with E-state index in [2.05, 4.69) is 20.8 Å². The fourth-order valence-electron chi connectivity index (χ4n) is 1.77. The maximum Gasteiger partial charge on any atom is 0.418 e. The number of halogens is 3. The molecule has 17 heavy (non-hydrogen) atoms. The van der Waals surface area contributed by atoms with Crippen LogP contribution in [0.1, 0.15) is 27.2 Å². The lowest BCUT2D eigenvalue weighted by atomic mass is 10.0. The van der Waals surface area contributed by atoms with Crippen LogP contribution < -0.4 is 0 Å². The number of alkyl halides is 3. The molecule has 0 aromatic carbocycles. The molecule has 1 N–H and O–H groups in total. The number of aliphatic hydroxyl groups is 1. The Bertz CT molecular complexity index is 264. The largest absolute Gasteiger partial charge is 0.418 e. The summed E-state index contributed by atoms with van der Waals surface area (Å²) in [6, 6.07) is 0. The summed E-state index contributed by atoms with van der Waals surface area (Å²) in [5.41, 5.74) is -2.50. The molecule has 6 heteroatoms. The van der Waals surface area contributed by atoms with Crippen molar-refractivity contribution in [1.82, 2.24) is 4.90 Å². The average molecular weight is 271 g/mol. The van der Waals surface area contributed by atoms with Crippen LogP contribution in [0, 0.1) is 0 Å². The van der Waals surface area contributed by atoms with Gasteiger partial charge in [0.2, 0.25) is 0 Å². The van der Waals surface area contributed by atoms with Crippen molar-refractivity contribution in [1.29, 1.82) is 0 Å². The van der Waals surface area contributed by atoms with Gasteiger partial charge in [0.1, 0.15) is 0 Å². The minimum Gasteiger partial charge on any atom is -0.379 e. The lowest BCUT2D eigenvalue weighted by molar-refractivity contribution is -0.253. The fourth-order valence-corrected chi connectivity index (χ4v) is 2.74. The van der Waals surface area contributed by atoms with Gasteiger partial charge in [-0.3, -0.25) is 4.90 Å². The summed E-state index contributed by atoms with van der Waals surface area (Å²) in [5.74, 6) is 0.789. The highest BCUT2D eigenvalue weighted by Crippen LogP contribution is 2.37. The molecule has 102 valence electrons. The van der Waals surface area contributed by atoms with Crippen LogP contribution in [-0.4, -0.2) is 51.9 Å². The van der Waals surface area contributed by atoms with Crippen LogP contribution in [0.3, 0.4) is 0 Å². The molecule has 0 bridgehead atoms. The number of thioether (sulfide) groups is 1. The Morgan fingerprint density at radius 3 is 2.29 bits per heavy atom. The molecule has 1 heterocycles. The van der Waals surface area contributed by atoms with Gasteiger partial charge in [-0.2, -0.15) is 24.9 Å². The zero-order valence-corrected chi connectivity index (χ0v) is 11.3. The predicted octanol–water partition coefficient (Wildman–Crippen LogP) is 2.52. The second-order valence-corrected chi connectivity index (χ2v) is 7.44. The van der Waals surface area contributed by atoms with Gasteiger partial charge in [0.15, 0.2) is 5.60 Å². The van der Waals surface area contributed by atoms with E-state index in [1.165, 1.54) is 0 Å². The van der Waals surface area contributed by atoms with Crippen LogP contribution >= 0.6 is 11.8 Å². The van der Waals surface area contributed by atoms with E-state index < -0.39 is 11.8 Å². The maximum atomic E-state index is 12.5. The third-order valence-electron chi connectivity index (χ3n) is 2.80. The van der Waals surface area contributed by atoms with Crippen LogP contribution in [-0.2, 0) is 0 Å². The number of β-amino-alcohol motifs (C(OH)–C–C–N with tert-alkyl or cyclic N) is 1. The number of likely N-dealkylation sites (tertiary alicyclic amines) is 1. The van der Waals surface area contributed by atoms with Gasteiger partial charge < -0.3 is 5.11 Å². The molecule has 0 aliphatic carbocycles. The monoisotopic (exact) mass is 271 g/mol. The van der Waals surface area contributed by atoms with Gasteiger partial charge in [-0.15, -0.1) is 0 Å². The zero-order valence-electron chi connectivity index (χ0n) is 10.5. The van der Waals surface area contributed by atoms with Gasteiger partial charge >= 0.3 is 6.18 Å². The first-order chi connectivity index (χ1) is 7.54. The Morgan fingerprint density at radius 1 is 1.29 bits per heavy atom. The minimum absolute atomic E-state index is 0.125. The Balaban J connectivity index is 2.36. The van der Waals surface area contributed by atoms with Crippen molar-refractivity contribution in [3.8, 4) is 0 Å². The molecular weight excluding hydrogens is 251 g/mol. The second kappa shape index (κ2) is 4.97. The van der Waals surface area contributed by atoms with Crippen molar-refractivity contribution >= 4 is 11.8 Å². The van der Waals surface area contributed by atoms with E-state index in [4.69, 9.17) is 0 Å². The van der Waals surface area contributed by atoms with E-state index in [1.54, 1.807) is 16.7 Å². The van der Waals surface area contributed by atoms with Crippen molar-refractivity contribution in [2.24, 2.45) is 0 Å². The summed E-state index contributed by atoms with van der Waals surface area (Å²) >= 11 is 1.72. The number of nitrogens with zero attached hydrogens (tertiary/aromatic N) is 1. The van der Waals surface area contributed by atoms with E-state index >= 15 is 0 Å². The molecule has 1 fully saturated rings. The quantitative estimate of drug-likeness (QED) is 0.853. The highest BCUT2D eigenvalue weighted by molar-refractivity contribution is 8.00. The molecule has 1 atom stereocenters. The van der Waals surface area contributed by atoms with Crippen LogP contribution in [0.5, 0.6) is 0 Å². The Morgan fingerprint density at radius 2 is 1.88 bits per heavy atom. The Hall–Kier alpha value is 0.0600.